The van der Waals surface area contributed by atoms with Crippen LogP contribution in [0.2, 0.25) is 0 Å². The minimum absolute atomic E-state index is 0.0125. The van der Waals surface area contributed by atoms with Crippen LogP contribution in [0, 0.1) is 11.3 Å². The molecule has 1 amide bonds. The van der Waals surface area contributed by atoms with Gasteiger partial charge in [0.1, 0.15) is 0 Å². The number of aliphatic carboxylic acids is 1. The van der Waals surface area contributed by atoms with Crippen molar-refractivity contribution in [2.24, 2.45) is 11.3 Å². The molecule has 2 rings (SSSR count). The first-order valence-corrected chi connectivity index (χ1v) is 7.33. The summed E-state index contributed by atoms with van der Waals surface area (Å²) >= 11 is 1.56. The second-order valence-corrected chi connectivity index (χ2v) is 6.34. The summed E-state index contributed by atoms with van der Waals surface area (Å²) < 4.78 is 0. The third kappa shape index (κ3) is 2.30. The topological polar surface area (TPSA) is 57.6 Å². The van der Waals surface area contributed by atoms with Crippen LogP contribution in [0.25, 0.3) is 0 Å². The molecule has 1 aliphatic heterocycles. The molecule has 1 saturated carbocycles. The van der Waals surface area contributed by atoms with Gasteiger partial charge in [-0.15, -0.1) is 0 Å². The van der Waals surface area contributed by atoms with E-state index in [9.17, 15) is 9.59 Å². The molecule has 2 atom stereocenters. The molecule has 96 valence electrons. The molecule has 1 saturated heterocycles. The number of rotatable bonds is 3. The van der Waals surface area contributed by atoms with Crippen molar-refractivity contribution in [3.63, 3.8) is 0 Å². The van der Waals surface area contributed by atoms with E-state index >= 15 is 0 Å². The lowest BCUT2D eigenvalue weighted by Crippen LogP contribution is -2.43. The molecule has 1 N–H and O–H groups in total. The van der Waals surface area contributed by atoms with Gasteiger partial charge in [0.15, 0.2) is 0 Å². The first-order chi connectivity index (χ1) is 8.00. The van der Waals surface area contributed by atoms with Crippen LogP contribution in [0.15, 0.2) is 0 Å². The Morgan fingerprint density at radius 3 is 2.41 bits per heavy atom. The fraction of sp³-hybridized carbons (Fsp3) is 0.833. The quantitative estimate of drug-likeness (QED) is 0.831. The molecule has 2 fully saturated rings. The first-order valence-electron chi connectivity index (χ1n) is 6.04. The lowest BCUT2D eigenvalue weighted by Gasteiger charge is -2.33. The molecule has 4 nitrogen and oxygen atoms in total. The molecule has 17 heavy (non-hydrogen) atoms. The molecular weight excluding hydrogens is 238 g/mol. The van der Waals surface area contributed by atoms with Crippen molar-refractivity contribution < 1.29 is 14.7 Å². The SMILES string of the molecule is CSC(C)C(=O)N1CCC2(CC1)CC2C(=O)O. The van der Waals surface area contributed by atoms with Gasteiger partial charge in [0.05, 0.1) is 11.2 Å². The Kier molecular flexibility index (Phi) is 3.39. The van der Waals surface area contributed by atoms with Gasteiger partial charge in [0.2, 0.25) is 5.91 Å². The van der Waals surface area contributed by atoms with Crippen LogP contribution in [0.1, 0.15) is 26.2 Å². The molecule has 1 aliphatic carbocycles. The van der Waals surface area contributed by atoms with Gasteiger partial charge in [-0.05, 0) is 37.9 Å². The third-order valence-electron chi connectivity index (χ3n) is 4.26. The number of piperidine rings is 1. The largest absolute Gasteiger partial charge is 0.481 e. The van der Waals surface area contributed by atoms with E-state index in [1.54, 1.807) is 11.8 Å². The van der Waals surface area contributed by atoms with Crippen molar-refractivity contribution in [1.29, 1.82) is 0 Å². The number of carboxylic acid groups (broad SMARTS) is 1. The highest BCUT2D eigenvalue weighted by atomic mass is 32.2. The van der Waals surface area contributed by atoms with Gasteiger partial charge in [0, 0.05) is 13.1 Å². The molecule has 1 spiro atoms. The molecule has 0 aromatic heterocycles. The van der Waals surface area contributed by atoms with Crippen LogP contribution in [-0.2, 0) is 9.59 Å². The summed E-state index contributed by atoms with van der Waals surface area (Å²) in [5.74, 6) is -0.625. The molecular formula is C12H19NO3S. The normalized spacial score (nSPS) is 27.9. The van der Waals surface area contributed by atoms with Crippen LogP contribution in [0.5, 0.6) is 0 Å². The van der Waals surface area contributed by atoms with E-state index in [0.29, 0.717) is 0 Å². The van der Waals surface area contributed by atoms with Crippen molar-refractivity contribution in [2.75, 3.05) is 19.3 Å². The number of hydrogen-bond donors (Lipinski definition) is 1. The van der Waals surface area contributed by atoms with E-state index in [4.69, 9.17) is 5.11 Å². The third-order valence-corrected chi connectivity index (χ3v) is 5.17. The molecule has 0 aromatic carbocycles. The number of thioether (sulfide) groups is 1. The summed E-state index contributed by atoms with van der Waals surface area (Å²) in [5.41, 5.74) is 0.0191. The minimum atomic E-state index is -0.665. The van der Waals surface area contributed by atoms with Gasteiger partial charge in [-0.2, -0.15) is 11.8 Å². The predicted octanol–water partition coefficient (Wildman–Crippen LogP) is 1.45. The number of hydrogen-bond acceptors (Lipinski definition) is 3. The maximum Gasteiger partial charge on any atom is 0.307 e. The molecule has 2 unspecified atom stereocenters. The zero-order valence-corrected chi connectivity index (χ0v) is 11.1. The number of amides is 1. The summed E-state index contributed by atoms with van der Waals surface area (Å²) in [5, 5.41) is 9.00. The zero-order valence-electron chi connectivity index (χ0n) is 10.3. The van der Waals surface area contributed by atoms with E-state index in [1.165, 1.54) is 0 Å². The number of nitrogens with zero attached hydrogens (tertiary/aromatic N) is 1. The number of carboxylic acids is 1. The number of carbonyl (C=O) groups is 2. The van der Waals surface area contributed by atoms with Gasteiger partial charge in [0.25, 0.3) is 0 Å². The van der Waals surface area contributed by atoms with E-state index in [0.717, 1.165) is 32.4 Å². The number of carbonyl (C=O) groups excluding carboxylic acids is 1. The Hall–Kier alpha value is -0.710. The van der Waals surface area contributed by atoms with Crippen molar-refractivity contribution in [2.45, 2.75) is 31.4 Å². The van der Waals surface area contributed by atoms with Crippen LogP contribution in [0.3, 0.4) is 0 Å². The molecule has 1 heterocycles. The van der Waals surface area contributed by atoms with Crippen LogP contribution >= 0.6 is 11.8 Å². The summed E-state index contributed by atoms with van der Waals surface area (Å²) in [4.78, 5) is 24.8. The van der Waals surface area contributed by atoms with E-state index in [-0.39, 0.29) is 22.5 Å². The average Bonchev–Trinajstić information content (AvgIpc) is 3.03. The van der Waals surface area contributed by atoms with E-state index < -0.39 is 5.97 Å². The summed E-state index contributed by atoms with van der Waals surface area (Å²) in [6, 6.07) is 0. The Bertz CT molecular complexity index is 337. The maximum atomic E-state index is 12.0. The fourth-order valence-electron chi connectivity index (χ4n) is 2.78. The lowest BCUT2D eigenvalue weighted by molar-refractivity contribution is -0.139. The fourth-order valence-corrected chi connectivity index (χ4v) is 3.13. The highest BCUT2D eigenvalue weighted by Gasteiger charge is 2.59. The average molecular weight is 257 g/mol. The van der Waals surface area contributed by atoms with Crippen molar-refractivity contribution in [1.82, 2.24) is 4.90 Å². The second kappa shape index (κ2) is 4.52. The Morgan fingerprint density at radius 1 is 1.41 bits per heavy atom. The van der Waals surface area contributed by atoms with Gasteiger partial charge >= 0.3 is 5.97 Å². The van der Waals surface area contributed by atoms with Gasteiger partial charge in [-0.1, -0.05) is 0 Å². The predicted molar refractivity (Wildman–Crippen MR) is 67.0 cm³/mol. The Labute approximate surface area is 106 Å². The first kappa shape index (κ1) is 12.7. The highest BCUT2D eigenvalue weighted by molar-refractivity contribution is 7.99. The smallest absolute Gasteiger partial charge is 0.307 e. The Balaban J connectivity index is 1.87. The molecule has 2 aliphatic rings. The summed E-state index contributed by atoms with van der Waals surface area (Å²) in [6.07, 6.45) is 4.46. The lowest BCUT2D eigenvalue weighted by atomic mass is 9.90. The molecule has 5 heteroatoms. The highest BCUT2D eigenvalue weighted by Crippen LogP contribution is 2.59. The van der Waals surface area contributed by atoms with E-state index in [1.807, 2.05) is 18.1 Å². The summed E-state index contributed by atoms with van der Waals surface area (Å²) in [7, 11) is 0. The minimum Gasteiger partial charge on any atom is -0.481 e. The van der Waals surface area contributed by atoms with Crippen molar-refractivity contribution in [3.05, 3.63) is 0 Å². The second-order valence-electron chi connectivity index (χ2n) is 5.16. The van der Waals surface area contributed by atoms with Crippen molar-refractivity contribution >= 4 is 23.6 Å². The standard InChI is InChI=1S/C12H19NO3S/c1-8(17-2)10(14)13-5-3-12(4-6-13)7-9(12)11(15)16/h8-9H,3-7H2,1-2H3,(H,15,16). The van der Waals surface area contributed by atoms with Gasteiger partial charge < -0.3 is 10.0 Å². The van der Waals surface area contributed by atoms with E-state index in [2.05, 4.69) is 0 Å². The van der Waals surface area contributed by atoms with Gasteiger partial charge in [-0.25, -0.2) is 0 Å². The summed E-state index contributed by atoms with van der Waals surface area (Å²) in [6.45, 7) is 3.38. The van der Waals surface area contributed by atoms with Gasteiger partial charge in [-0.3, -0.25) is 9.59 Å². The molecule has 0 bridgehead atoms. The monoisotopic (exact) mass is 257 g/mol. The van der Waals surface area contributed by atoms with Crippen LogP contribution in [-0.4, -0.2) is 46.5 Å². The van der Waals surface area contributed by atoms with Crippen molar-refractivity contribution in [3.8, 4) is 0 Å². The molecule has 0 aromatic rings. The molecule has 0 radical (unpaired) electrons. The van der Waals surface area contributed by atoms with Crippen LogP contribution < -0.4 is 0 Å². The maximum absolute atomic E-state index is 12.0. The van der Waals surface area contributed by atoms with Crippen LogP contribution in [0.4, 0.5) is 0 Å². The Morgan fingerprint density at radius 2 is 2.00 bits per heavy atom. The zero-order chi connectivity index (χ0) is 12.6. The number of likely N-dealkylation sites (tertiary alicyclic amines) is 1.